The van der Waals surface area contributed by atoms with Crippen LogP contribution >= 0.6 is 0 Å². The van der Waals surface area contributed by atoms with Crippen molar-refractivity contribution in [3.63, 3.8) is 0 Å². The Morgan fingerprint density at radius 3 is 1.51 bits per heavy atom. The van der Waals surface area contributed by atoms with Crippen molar-refractivity contribution in [2.45, 2.75) is 65.7 Å². The third kappa shape index (κ3) is 3.98. The second kappa shape index (κ2) is 9.07. The molecule has 0 atom stereocenters. The van der Waals surface area contributed by atoms with Gasteiger partial charge in [-0.2, -0.15) is 0 Å². The number of fused-ring (bicyclic) bond motifs is 8. The molecule has 0 aliphatic heterocycles. The van der Waals surface area contributed by atoms with E-state index in [1.807, 2.05) is 0 Å². The molecule has 8 rings (SSSR count). The summed E-state index contributed by atoms with van der Waals surface area (Å²) in [5.41, 5.74) is 10.7. The van der Waals surface area contributed by atoms with Gasteiger partial charge in [0.1, 0.15) is 0 Å². The summed E-state index contributed by atoms with van der Waals surface area (Å²) >= 11 is 0. The molecule has 0 aliphatic carbocycles. The highest BCUT2D eigenvalue weighted by Crippen LogP contribution is 2.44. The summed E-state index contributed by atoms with van der Waals surface area (Å²) in [5.74, 6) is 1.01. The zero-order valence-corrected chi connectivity index (χ0v) is 26.3. The van der Waals surface area contributed by atoms with Gasteiger partial charge in [-0.1, -0.05) is 109 Å². The van der Waals surface area contributed by atoms with E-state index >= 15 is 0 Å². The van der Waals surface area contributed by atoms with Crippen molar-refractivity contribution in [2.24, 2.45) is 0 Å². The number of benzene rings is 6. The molecule has 212 valence electrons. The first-order valence-electron chi connectivity index (χ1n) is 15.8. The molecule has 8 aromatic rings. The van der Waals surface area contributed by atoms with Gasteiger partial charge in [0.15, 0.2) is 0 Å². The van der Waals surface area contributed by atoms with Gasteiger partial charge in [-0.25, -0.2) is 0 Å². The van der Waals surface area contributed by atoms with Crippen molar-refractivity contribution in [3.05, 3.63) is 114 Å². The first kappa shape index (κ1) is 26.3. The van der Waals surface area contributed by atoms with E-state index in [0.717, 1.165) is 0 Å². The molecule has 6 aromatic carbocycles. The minimum absolute atomic E-state index is 0.0968. The first-order chi connectivity index (χ1) is 20.6. The van der Waals surface area contributed by atoms with Crippen LogP contribution in [0.3, 0.4) is 0 Å². The summed E-state index contributed by atoms with van der Waals surface area (Å²) in [6, 6.07) is 37.7. The van der Waals surface area contributed by atoms with Crippen molar-refractivity contribution in [3.8, 4) is 11.1 Å². The van der Waals surface area contributed by atoms with Crippen LogP contribution in [-0.2, 0) is 5.41 Å². The maximum Gasteiger partial charge on any atom is 0.0620 e. The number of aromatic nitrogens is 1. The molecular weight excluding hydrogens is 518 g/mol. The van der Waals surface area contributed by atoms with Gasteiger partial charge < -0.3 is 4.40 Å². The summed E-state index contributed by atoms with van der Waals surface area (Å²) in [4.78, 5) is 0. The van der Waals surface area contributed by atoms with Crippen molar-refractivity contribution >= 4 is 59.6 Å². The third-order valence-electron chi connectivity index (χ3n) is 9.75. The van der Waals surface area contributed by atoms with Crippen LogP contribution in [0.15, 0.2) is 97.1 Å². The molecule has 0 bridgehead atoms. The zero-order chi connectivity index (χ0) is 29.8. The van der Waals surface area contributed by atoms with Gasteiger partial charge in [-0.3, -0.25) is 0 Å². The molecule has 0 radical (unpaired) electrons. The normalized spacial score (nSPS) is 13.0. The number of hydrogen-bond acceptors (Lipinski definition) is 0. The standard InChI is InChI=1S/C42H39N/c1-24(2)26-11-13-29-22-39-35(18-31(29)15-26)37-20-33(28-9-8-10-34(17-28)42(5,6)7)21-38-36-19-32-16-27(25(3)4)12-14-30(32)23-40(36)43(39)41(37)38/h8-25H,1-7H3. The molecule has 0 saturated carbocycles. The van der Waals surface area contributed by atoms with Gasteiger partial charge in [0.25, 0.3) is 0 Å². The highest BCUT2D eigenvalue weighted by atomic mass is 14.9. The van der Waals surface area contributed by atoms with Crippen LogP contribution in [0, 0.1) is 0 Å². The first-order valence-corrected chi connectivity index (χ1v) is 15.8. The van der Waals surface area contributed by atoms with Gasteiger partial charge in [-0.05, 0) is 103 Å². The largest absolute Gasteiger partial charge is 0.308 e. The Hall–Kier alpha value is -4.36. The molecular formula is C42H39N. The number of hydrogen-bond donors (Lipinski definition) is 0. The van der Waals surface area contributed by atoms with Gasteiger partial charge in [0, 0.05) is 21.5 Å². The molecule has 43 heavy (non-hydrogen) atoms. The summed E-state index contributed by atoms with van der Waals surface area (Å²) in [5, 5.41) is 10.6. The van der Waals surface area contributed by atoms with E-state index in [2.05, 4.69) is 150 Å². The smallest absolute Gasteiger partial charge is 0.0620 e. The predicted molar refractivity (Wildman–Crippen MR) is 188 cm³/mol. The summed E-state index contributed by atoms with van der Waals surface area (Å²) in [6.07, 6.45) is 0. The van der Waals surface area contributed by atoms with Gasteiger partial charge in [0.2, 0.25) is 0 Å². The van der Waals surface area contributed by atoms with Crippen molar-refractivity contribution < 1.29 is 0 Å². The Balaban J connectivity index is 1.52. The van der Waals surface area contributed by atoms with E-state index in [0.29, 0.717) is 11.8 Å². The fourth-order valence-electron chi connectivity index (χ4n) is 7.12. The summed E-state index contributed by atoms with van der Waals surface area (Å²) in [6.45, 7) is 16.0. The van der Waals surface area contributed by atoms with E-state index in [4.69, 9.17) is 0 Å². The molecule has 0 amide bonds. The van der Waals surface area contributed by atoms with Crippen molar-refractivity contribution in [1.82, 2.24) is 4.40 Å². The Bertz CT molecular complexity index is 2240. The van der Waals surface area contributed by atoms with Crippen LogP contribution in [0.2, 0.25) is 0 Å². The average molecular weight is 558 g/mol. The second-order valence-electron chi connectivity index (χ2n) is 14.3. The Kier molecular flexibility index (Phi) is 5.54. The number of rotatable bonds is 3. The molecule has 0 spiro atoms. The Labute approximate surface area is 254 Å². The lowest BCUT2D eigenvalue weighted by atomic mass is 9.85. The topological polar surface area (TPSA) is 4.41 Å². The molecule has 2 aromatic heterocycles. The molecule has 0 aliphatic rings. The van der Waals surface area contributed by atoms with Crippen molar-refractivity contribution in [1.29, 1.82) is 0 Å². The van der Waals surface area contributed by atoms with E-state index in [-0.39, 0.29) is 5.41 Å². The highest BCUT2D eigenvalue weighted by Gasteiger charge is 2.21. The predicted octanol–water partition coefficient (Wildman–Crippen LogP) is 12.4. The average Bonchev–Trinajstić information content (AvgIpc) is 3.48. The summed E-state index contributed by atoms with van der Waals surface area (Å²) in [7, 11) is 0. The molecule has 0 saturated heterocycles. The number of nitrogens with zero attached hydrogens (tertiary/aromatic N) is 1. The maximum atomic E-state index is 2.54. The lowest BCUT2D eigenvalue weighted by Gasteiger charge is -2.20. The SMILES string of the molecule is CC(C)c1ccc2cc3c(cc2c1)c1cc(-c2cccc(C(C)(C)C)c2)cc2c4cc5cc(C(C)C)ccc5cc4n3c12. The van der Waals surface area contributed by atoms with E-state index in [1.54, 1.807) is 0 Å². The van der Waals surface area contributed by atoms with Crippen LogP contribution in [0.4, 0.5) is 0 Å². The molecule has 1 nitrogen and oxygen atoms in total. The fraction of sp³-hybridized carbons (Fsp3) is 0.238. The van der Waals surface area contributed by atoms with Gasteiger partial charge >= 0.3 is 0 Å². The lowest BCUT2D eigenvalue weighted by molar-refractivity contribution is 0.590. The van der Waals surface area contributed by atoms with Crippen molar-refractivity contribution in [2.75, 3.05) is 0 Å². The van der Waals surface area contributed by atoms with Crippen LogP contribution in [0.1, 0.15) is 77.0 Å². The Morgan fingerprint density at radius 1 is 0.488 bits per heavy atom. The quantitative estimate of drug-likeness (QED) is 0.203. The van der Waals surface area contributed by atoms with Gasteiger partial charge in [-0.15, -0.1) is 0 Å². The van der Waals surface area contributed by atoms with Crippen LogP contribution in [0.5, 0.6) is 0 Å². The summed E-state index contributed by atoms with van der Waals surface area (Å²) < 4.78 is 2.54. The highest BCUT2D eigenvalue weighted by molar-refractivity contribution is 6.27. The molecule has 0 fully saturated rings. The third-order valence-corrected chi connectivity index (χ3v) is 9.75. The minimum Gasteiger partial charge on any atom is -0.308 e. The van der Waals surface area contributed by atoms with E-state index in [9.17, 15) is 0 Å². The van der Waals surface area contributed by atoms with Gasteiger partial charge in [0.05, 0.1) is 16.6 Å². The van der Waals surface area contributed by atoms with Crippen LogP contribution in [0.25, 0.3) is 70.8 Å². The fourth-order valence-corrected chi connectivity index (χ4v) is 7.12. The molecule has 0 unspecified atom stereocenters. The minimum atomic E-state index is 0.0968. The maximum absolute atomic E-state index is 2.54. The molecule has 1 heteroatoms. The second-order valence-corrected chi connectivity index (χ2v) is 14.3. The lowest BCUT2D eigenvalue weighted by Crippen LogP contribution is -2.10. The van der Waals surface area contributed by atoms with Crippen LogP contribution in [-0.4, -0.2) is 4.40 Å². The van der Waals surface area contributed by atoms with E-state index in [1.165, 1.54) is 87.5 Å². The van der Waals surface area contributed by atoms with Crippen LogP contribution < -0.4 is 0 Å². The monoisotopic (exact) mass is 557 g/mol. The zero-order valence-electron chi connectivity index (χ0n) is 26.3. The molecule has 0 N–H and O–H groups in total. The molecule has 2 heterocycles. The Morgan fingerprint density at radius 2 is 1.02 bits per heavy atom. The van der Waals surface area contributed by atoms with E-state index < -0.39 is 0 Å².